The highest BCUT2D eigenvalue weighted by Crippen LogP contribution is 2.39. The number of aliphatic hydroxyl groups excluding tert-OH is 2. The van der Waals surface area contributed by atoms with Crippen molar-refractivity contribution in [1.82, 2.24) is 0 Å². The molecule has 0 fully saturated rings. The van der Waals surface area contributed by atoms with Crippen molar-refractivity contribution in [3.8, 4) is 5.75 Å². The first-order chi connectivity index (χ1) is 10.6. The van der Waals surface area contributed by atoms with Gasteiger partial charge in [-0.2, -0.15) is 0 Å². The third kappa shape index (κ3) is 2.63. The SMILES string of the molecule is COc1ccc(N2C=C(Br)c3cc(CO)ccc3C2O)cc1. The van der Waals surface area contributed by atoms with Gasteiger partial charge < -0.3 is 19.8 Å². The van der Waals surface area contributed by atoms with Crippen molar-refractivity contribution in [2.75, 3.05) is 12.0 Å². The molecule has 0 radical (unpaired) electrons. The zero-order chi connectivity index (χ0) is 15.7. The fraction of sp³-hybridized carbons (Fsp3) is 0.176. The average Bonchev–Trinajstić information content (AvgIpc) is 2.57. The number of methoxy groups -OCH3 is 1. The summed E-state index contributed by atoms with van der Waals surface area (Å²) < 4.78 is 6.02. The van der Waals surface area contributed by atoms with Crippen LogP contribution in [0.3, 0.4) is 0 Å². The summed E-state index contributed by atoms with van der Waals surface area (Å²) in [7, 11) is 1.62. The summed E-state index contributed by atoms with van der Waals surface area (Å²) in [6, 6.07) is 13.0. The molecule has 5 heteroatoms. The minimum Gasteiger partial charge on any atom is -0.497 e. The maximum Gasteiger partial charge on any atom is 0.157 e. The smallest absolute Gasteiger partial charge is 0.157 e. The third-order valence-electron chi connectivity index (χ3n) is 3.72. The fourth-order valence-electron chi connectivity index (χ4n) is 2.52. The lowest BCUT2D eigenvalue weighted by atomic mass is 9.99. The van der Waals surface area contributed by atoms with Crippen LogP contribution >= 0.6 is 15.9 Å². The second kappa shape index (κ2) is 6.12. The fourth-order valence-corrected chi connectivity index (χ4v) is 3.08. The molecule has 3 rings (SSSR count). The molecule has 0 saturated carbocycles. The lowest BCUT2D eigenvalue weighted by Gasteiger charge is -2.32. The Bertz CT molecular complexity index is 712. The highest BCUT2D eigenvalue weighted by Gasteiger charge is 2.25. The molecule has 22 heavy (non-hydrogen) atoms. The largest absolute Gasteiger partial charge is 0.497 e. The summed E-state index contributed by atoms with van der Waals surface area (Å²) >= 11 is 3.55. The number of halogens is 1. The van der Waals surface area contributed by atoms with Gasteiger partial charge in [0.05, 0.1) is 13.7 Å². The van der Waals surface area contributed by atoms with Crippen LogP contribution in [0.25, 0.3) is 4.48 Å². The number of ether oxygens (including phenoxy) is 1. The molecule has 0 spiro atoms. The first-order valence-corrected chi connectivity index (χ1v) is 7.65. The Morgan fingerprint density at radius 1 is 1.18 bits per heavy atom. The van der Waals surface area contributed by atoms with Crippen molar-refractivity contribution in [2.45, 2.75) is 12.8 Å². The Hall–Kier alpha value is -1.82. The maximum atomic E-state index is 10.6. The minimum absolute atomic E-state index is 0.0220. The van der Waals surface area contributed by atoms with Crippen LogP contribution in [0.15, 0.2) is 48.7 Å². The van der Waals surface area contributed by atoms with Gasteiger partial charge in [0.1, 0.15) is 5.75 Å². The number of anilines is 1. The minimum atomic E-state index is -0.780. The molecule has 0 aliphatic carbocycles. The summed E-state index contributed by atoms with van der Waals surface area (Å²) in [4.78, 5) is 1.78. The molecule has 0 amide bonds. The summed E-state index contributed by atoms with van der Waals surface area (Å²) in [5, 5.41) is 19.9. The summed E-state index contributed by atoms with van der Waals surface area (Å²) in [5.41, 5.74) is 3.36. The zero-order valence-electron chi connectivity index (χ0n) is 12.0. The van der Waals surface area contributed by atoms with Crippen LogP contribution in [-0.2, 0) is 6.61 Å². The van der Waals surface area contributed by atoms with Crippen molar-refractivity contribution in [3.63, 3.8) is 0 Å². The molecule has 114 valence electrons. The second-order valence-electron chi connectivity index (χ2n) is 5.04. The number of benzene rings is 2. The molecule has 1 unspecified atom stereocenters. The molecule has 2 aromatic rings. The molecule has 1 atom stereocenters. The molecule has 1 aliphatic heterocycles. The van der Waals surface area contributed by atoms with Crippen LogP contribution in [0.2, 0.25) is 0 Å². The van der Waals surface area contributed by atoms with Crippen LogP contribution < -0.4 is 9.64 Å². The van der Waals surface area contributed by atoms with E-state index in [9.17, 15) is 10.2 Å². The van der Waals surface area contributed by atoms with Crippen LogP contribution in [0.5, 0.6) is 5.75 Å². The number of hydrogen-bond acceptors (Lipinski definition) is 4. The van der Waals surface area contributed by atoms with Crippen LogP contribution in [0.1, 0.15) is 22.9 Å². The van der Waals surface area contributed by atoms with Crippen LogP contribution in [0.4, 0.5) is 5.69 Å². The molecule has 4 nitrogen and oxygen atoms in total. The predicted molar refractivity (Wildman–Crippen MR) is 89.7 cm³/mol. The molecule has 0 aromatic heterocycles. The van der Waals surface area contributed by atoms with E-state index >= 15 is 0 Å². The lowest BCUT2D eigenvalue weighted by molar-refractivity contribution is 0.181. The van der Waals surface area contributed by atoms with E-state index in [0.717, 1.165) is 32.6 Å². The van der Waals surface area contributed by atoms with Gasteiger partial charge in [0.2, 0.25) is 0 Å². The summed E-state index contributed by atoms with van der Waals surface area (Å²) in [6.45, 7) is -0.0220. The first-order valence-electron chi connectivity index (χ1n) is 6.86. The number of aliphatic hydroxyl groups is 2. The molecule has 0 saturated heterocycles. The van der Waals surface area contributed by atoms with Crippen molar-refractivity contribution in [3.05, 3.63) is 65.4 Å². The van der Waals surface area contributed by atoms with Gasteiger partial charge >= 0.3 is 0 Å². The number of rotatable bonds is 3. The molecule has 2 aromatic carbocycles. The van der Waals surface area contributed by atoms with Gasteiger partial charge in [0.15, 0.2) is 6.23 Å². The number of nitrogens with zero attached hydrogens (tertiary/aromatic N) is 1. The first kappa shape index (κ1) is 15.1. The van der Waals surface area contributed by atoms with E-state index in [1.54, 1.807) is 12.0 Å². The maximum absolute atomic E-state index is 10.6. The van der Waals surface area contributed by atoms with Gasteiger partial charge in [-0.05, 0) is 57.4 Å². The predicted octanol–water partition coefficient (Wildman–Crippen LogP) is 3.39. The second-order valence-corrected chi connectivity index (χ2v) is 5.89. The Morgan fingerprint density at radius 3 is 2.55 bits per heavy atom. The van der Waals surface area contributed by atoms with Gasteiger partial charge in [-0.1, -0.05) is 12.1 Å². The average molecular weight is 362 g/mol. The lowest BCUT2D eigenvalue weighted by Crippen LogP contribution is -2.26. The Labute approximate surface area is 137 Å². The van der Waals surface area contributed by atoms with E-state index in [0.29, 0.717) is 0 Å². The number of fused-ring (bicyclic) bond motifs is 1. The molecular formula is C17H16BrNO3. The standard InChI is InChI=1S/C17H16BrNO3/c1-22-13-5-3-12(4-6-13)19-9-16(18)15-8-11(10-20)2-7-14(15)17(19)21/h2-9,17,20-21H,10H2,1H3. The highest BCUT2D eigenvalue weighted by molar-refractivity contribution is 9.15. The molecular weight excluding hydrogens is 346 g/mol. The highest BCUT2D eigenvalue weighted by atomic mass is 79.9. The normalized spacial score (nSPS) is 17.0. The quantitative estimate of drug-likeness (QED) is 0.879. The van der Waals surface area contributed by atoms with Crippen molar-refractivity contribution >= 4 is 26.1 Å². The topological polar surface area (TPSA) is 52.9 Å². The zero-order valence-corrected chi connectivity index (χ0v) is 13.6. The van der Waals surface area contributed by atoms with Crippen molar-refractivity contribution in [2.24, 2.45) is 0 Å². The van der Waals surface area contributed by atoms with Crippen LogP contribution in [0, 0.1) is 0 Å². The summed E-state index contributed by atoms with van der Waals surface area (Å²) in [6.07, 6.45) is 1.06. The van der Waals surface area contributed by atoms with Crippen molar-refractivity contribution in [1.29, 1.82) is 0 Å². The Morgan fingerprint density at radius 2 is 1.91 bits per heavy atom. The van der Waals surface area contributed by atoms with E-state index in [1.807, 2.05) is 48.7 Å². The third-order valence-corrected chi connectivity index (χ3v) is 4.35. The van der Waals surface area contributed by atoms with Gasteiger partial charge in [0, 0.05) is 21.9 Å². The van der Waals surface area contributed by atoms with E-state index < -0.39 is 6.23 Å². The van der Waals surface area contributed by atoms with Gasteiger partial charge in [0.25, 0.3) is 0 Å². The van der Waals surface area contributed by atoms with E-state index in [2.05, 4.69) is 15.9 Å². The molecule has 2 N–H and O–H groups in total. The molecule has 1 aliphatic rings. The molecule has 0 bridgehead atoms. The Balaban J connectivity index is 2.00. The van der Waals surface area contributed by atoms with Gasteiger partial charge in [-0.15, -0.1) is 0 Å². The van der Waals surface area contributed by atoms with Gasteiger partial charge in [-0.3, -0.25) is 0 Å². The molecule has 1 heterocycles. The Kier molecular flexibility index (Phi) is 4.20. The van der Waals surface area contributed by atoms with E-state index in [4.69, 9.17) is 4.74 Å². The summed E-state index contributed by atoms with van der Waals surface area (Å²) in [5.74, 6) is 0.770. The van der Waals surface area contributed by atoms with Gasteiger partial charge in [-0.25, -0.2) is 0 Å². The van der Waals surface area contributed by atoms with Crippen molar-refractivity contribution < 1.29 is 14.9 Å². The number of hydrogen-bond donors (Lipinski definition) is 2. The monoisotopic (exact) mass is 361 g/mol. The van der Waals surface area contributed by atoms with E-state index in [-0.39, 0.29) is 6.61 Å². The van der Waals surface area contributed by atoms with E-state index in [1.165, 1.54) is 0 Å². The van der Waals surface area contributed by atoms with Crippen LogP contribution in [-0.4, -0.2) is 17.3 Å².